The molecular weight excluding hydrogens is 408 g/mol. The highest BCUT2D eigenvalue weighted by Crippen LogP contribution is 2.50. The van der Waals surface area contributed by atoms with Crippen LogP contribution in [-0.2, 0) is 18.4 Å². The van der Waals surface area contributed by atoms with E-state index < -0.39 is 0 Å². The fourth-order valence-electron chi connectivity index (χ4n) is 5.78. The topological polar surface area (TPSA) is 38.4 Å². The van der Waals surface area contributed by atoms with Gasteiger partial charge in [-0.3, -0.25) is 4.79 Å². The van der Waals surface area contributed by atoms with E-state index in [1.54, 1.807) is 6.26 Å². The maximum atomic E-state index is 13.7. The van der Waals surface area contributed by atoms with Crippen molar-refractivity contribution in [1.82, 2.24) is 9.47 Å². The van der Waals surface area contributed by atoms with Gasteiger partial charge in [0.25, 0.3) is 5.91 Å². The van der Waals surface area contributed by atoms with Crippen LogP contribution in [0.4, 0.5) is 0 Å². The van der Waals surface area contributed by atoms with E-state index in [-0.39, 0.29) is 11.9 Å². The van der Waals surface area contributed by atoms with Crippen molar-refractivity contribution in [3.63, 3.8) is 0 Å². The number of hydrogen-bond acceptors (Lipinski definition) is 2. The van der Waals surface area contributed by atoms with Gasteiger partial charge < -0.3 is 13.9 Å². The van der Waals surface area contributed by atoms with Crippen LogP contribution in [0.5, 0.6) is 0 Å². The Morgan fingerprint density at radius 2 is 1.76 bits per heavy atom. The number of furan rings is 1. The summed E-state index contributed by atoms with van der Waals surface area (Å²) in [7, 11) is 2.14. The molecule has 4 heteroatoms. The second-order valence-electron chi connectivity index (χ2n) is 9.33. The summed E-state index contributed by atoms with van der Waals surface area (Å²) < 4.78 is 7.98. The van der Waals surface area contributed by atoms with Gasteiger partial charge in [-0.1, -0.05) is 48.0 Å². The van der Waals surface area contributed by atoms with Crippen molar-refractivity contribution in [2.24, 2.45) is 7.05 Å². The molecule has 0 N–H and O–H groups in total. The van der Waals surface area contributed by atoms with Gasteiger partial charge in [-0.15, -0.1) is 0 Å². The molecule has 0 bridgehead atoms. The molecule has 6 rings (SSSR count). The SMILES string of the molecule is Cc1ccc(-c2c(C3C4=C(CCCC4)C(=O)N3Cc3ccco3)c3ccccc3n2C)cc1. The van der Waals surface area contributed by atoms with Crippen LogP contribution in [0.15, 0.2) is 82.5 Å². The van der Waals surface area contributed by atoms with Crippen LogP contribution in [0.2, 0.25) is 0 Å². The number of para-hydroxylation sites is 1. The summed E-state index contributed by atoms with van der Waals surface area (Å²) in [5, 5.41) is 1.22. The normalized spacial score (nSPS) is 18.4. The lowest BCUT2D eigenvalue weighted by atomic mass is 9.86. The maximum absolute atomic E-state index is 13.7. The van der Waals surface area contributed by atoms with Crippen molar-refractivity contribution >= 4 is 16.8 Å². The van der Waals surface area contributed by atoms with Crippen molar-refractivity contribution < 1.29 is 9.21 Å². The molecule has 0 saturated carbocycles. The molecule has 4 nitrogen and oxygen atoms in total. The predicted octanol–water partition coefficient (Wildman–Crippen LogP) is 6.70. The van der Waals surface area contributed by atoms with Gasteiger partial charge >= 0.3 is 0 Å². The third kappa shape index (κ3) is 3.16. The van der Waals surface area contributed by atoms with Crippen molar-refractivity contribution in [3.05, 3.63) is 95.0 Å². The molecule has 3 heterocycles. The monoisotopic (exact) mass is 436 g/mol. The van der Waals surface area contributed by atoms with Crippen molar-refractivity contribution in [3.8, 4) is 11.3 Å². The number of carbonyl (C=O) groups is 1. The summed E-state index contributed by atoms with van der Waals surface area (Å²) in [6.07, 6.45) is 5.78. The number of aryl methyl sites for hydroxylation is 2. The Bertz CT molecular complexity index is 1370. The first-order chi connectivity index (χ1) is 16.1. The molecule has 0 spiro atoms. The standard InChI is InChI=1S/C29H28N2O2/c1-19-13-15-20(16-14-19)27-26(24-11-5-6-12-25(24)30(27)2)28-22-9-3-4-10-23(22)29(32)31(28)18-21-8-7-17-33-21/h5-8,11-17,28H,3-4,9-10,18H2,1-2H3. The van der Waals surface area contributed by atoms with E-state index in [2.05, 4.69) is 67.1 Å². The number of hydrogen-bond donors (Lipinski definition) is 0. The number of rotatable bonds is 4. The molecule has 0 fully saturated rings. The minimum Gasteiger partial charge on any atom is -0.467 e. The van der Waals surface area contributed by atoms with Gasteiger partial charge in [-0.2, -0.15) is 0 Å². The molecule has 1 unspecified atom stereocenters. The molecule has 4 aromatic rings. The summed E-state index contributed by atoms with van der Waals surface area (Å²) in [6.45, 7) is 2.60. The zero-order valence-corrected chi connectivity index (χ0v) is 19.2. The Labute approximate surface area is 194 Å². The van der Waals surface area contributed by atoms with Crippen LogP contribution in [0, 0.1) is 6.92 Å². The molecule has 166 valence electrons. The molecule has 2 aromatic heterocycles. The zero-order chi connectivity index (χ0) is 22.5. The number of carbonyl (C=O) groups excluding carboxylic acids is 1. The van der Waals surface area contributed by atoms with Crippen LogP contribution >= 0.6 is 0 Å². The lowest BCUT2D eigenvalue weighted by Gasteiger charge is -2.28. The average Bonchev–Trinajstić information content (AvgIpc) is 3.52. The molecule has 1 aliphatic heterocycles. The van der Waals surface area contributed by atoms with Crippen molar-refractivity contribution in [2.45, 2.75) is 45.2 Å². The van der Waals surface area contributed by atoms with Gasteiger partial charge in [0.15, 0.2) is 0 Å². The predicted molar refractivity (Wildman–Crippen MR) is 131 cm³/mol. The maximum Gasteiger partial charge on any atom is 0.251 e. The van der Waals surface area contributed by atoms with E-state index in [1.165, 1.54) is 38.9 Å². The molecule has 1 aliphatic carbocycles. The number of benzene rings is 2. The zero-order valence-electron chi connectivity index (χ0n) is 19.2. The molecule has 1 amide bonds. The fraction of sp³-hybridized carbons (Fsp3) is 0.276. The quantitative estimate of drug-likeness (QED) is 0.357. The fourth-order valence-corrected chi connectivity index (χ4v) is 5.78. The van der Waals surface area contributed by atoms with E-state index in [0.29, 0.717) is 6.54 Å². The second-order valence-corrected chi connectivity index (χ2v) is 9.33. The van der Waals surface area contributed by atoms with Crippen LogP contribution in [0.3, 0.4) is 0 Å². The molecule has 2 aliphatic rings. The lowest BCUT2D eigenvalue weighted by Crippen LogP contribution is -2.30. The number of aromatic nitrogens is 1. The summed E-state index contributed by atoms with van der Waals surface area (Å²) in [6, 6.07) is 21.1. The molecule has 1 atom stereocenters. The van der Waals surface area contributed by atoms with Gasteiger partial charge in [0.05, 0.1) is 24.5 Å². The Morgan fingerprint density at radius 1 is 0.970 bits per heavy atom. The first-order valence-corrected chi connectivity index (χ1v) is 11.8. The minimum atomic E-state index is -0.0692. The Kier molecular flexibility index (Phi) is 4.75. The van der Waals surface area contributed by atoms with Gasteiger partial charge in [0.1, 0.15) is 5.76 Å². The van der Waals surface area contributed by atoms with E-state index in [9.17, 15) is 4.79 Å². The number of nitrogens with zero attached hydrogens (tertiary/aromatic N) is 2. The summed E-state index contributed by atoms with van der Waals surface area (Å²) >= 11 is 0. The van der Waals surface area contributed by atoms with Crippen LogP contribution < -0.4 is 0 Å². The number of fused-ring (bicyclic) bond motifs is 1. The Hall–Kier alpha value is -3.53. The van der Waals surface area contributed by atoms with E-state index >= 15 is 0 Å². The average molecular weight is 437 g/mol. The van der Waals surface area contributed by atoms with Gasteiger partial charge in [-0.05, 0) is 61.9 Å². The van der Waals surface area contributed by atoms with Crippen LogP contribution in [0.1, 0.15) is 48.6 Å². The highest BCUT2D eigenvalue weighted by molar-refractivity contribution is 6.01. The largest absolute Gasteiger partial charge is 0.467 e. The van der Waals surface area contributed by atoms with Gasteiger partial charge in [0, 0.05) is 29.1 Å². The smallest absolute Gasteiger partial charge is 0.251 e. The Morgan fingerprint density at radius 3 is 2.55 bits per heavy atom. The highest BCUT2D eigenvalue weighted by atomic mass is 16.3. The van der Waals surface area contributed by atoms with Crippen LogP contribution in [-0.4, -0.2) is 15.4 Å². The molecular formula is C29H28N2O2. The summed E-state index contributed by atoms with van der Waals surface area (Å²) in [5.41, 5.74) is 8.39. The lowest BCUT2D eigenvalue weighted by molar-refractivity contribution is -0.128. The molecule has 33 heavy (non-hydrogen) atoms. The van der Waals surface area contributed by atoms with Crippen LogP contribution in [0.25, 0.3) is 22.2 Å². The van der Waals surface area contributed by atoms with Gasteiger partial charge in [-0.25, -0.2) is 0 Å². The molecule has 0 radical (unpaired) electrons. The minimum absolute atomic E-state index is 0.0692. The highest BCUT2D eigenvalue weighted by Gasteiger charge is 2.43. The first-order valence-electron chi connectivity index (χ1n) is 11.8. The van der Waals surface area contributed by atoms with E-state index in [4.69, 9.17) is 4.42 Å². The second kappa shape index (κ2) is 7.80. The summed E-state index contributed by atoms with van der Waals surface area (Å²) in [4.78, 5) is 15.8. The first kappa shape index (κ1) is 20.1. The Balaban J connectivity index is 1.61. The third-order valence-corrected chi connectivity index (χ3v) is 7.32. The summed E-state index contributed by atoms with van der Waals surface area (Å²) in [5.74, 6) is 0.999. The van der Waals surface area contributed by atoms with E-state index in [0.717, 1.165) is 37.0 Å². The third-order valence-electron chi connectivity index (χ3n) is 7.32. The van der Waals surface area contributed by atoms with Crippen molar-refractivity contribution in [1.29, 1.82) is 0 Å². The van der Waals surface area contributed by atoms with Crippen molar-refractivity contribution in [2.75, 3.05) is 0 Å². The van der Waals surface area contributed by atoms with E-state index in [1.807, 2.05) is 17.0 Å². The van der Waals surface area contributed by atoms with Gasteiger partial charge in [0.2, 0.25) is 0 Å². The molecule has 0 saturated heterocycles. The number of amides is 1. The molecule has 2 aromatic carbocycles.